The molecule has 4 nitrogen and oxygen atoms in total. The molecule has 0 heterocycles. The van der Waals surface area contributed by atoms with Gasteiger partial charge in [-0.25, -0.2) is 0 Å². The molecule has 130 valence electrons. The van der Waals surface area contributed by atoms with Gasteiger partial charge in [0.05, 0.1) is 6.61 Å². The standard InChI is InChI=1S/C20H27NO3/c1-16(2)19-9-4-5-10-20(19)24-12-11-21-17-7-6-8-18(15-17)23-14-13-22-3/h4-10,15-16,21H,11-14H2,1-3H3. The molecule has 0 spiro atoms. The number of anilines is 1. The van der Waals surface area contributed by atoms with Gasteiger partial charge in [-0.3, -0.25) is 0 Å². The fourth-order valence-electron chi connectivity index (χ4n) is 2.38. The summed E-state index contributed by atoms with van der Waals surface area (Å²) in [6, 6.07) is 16.1. The van der Waals surface area contributed by atoms with E-state index in [9.17, 15) is 0 Å². The molecular weight excluding hydrogens is 302 g/mol. The van der Waals surface area contributed by atoms with E-state index in [1.165, 1.54) is 5.56 Å². The third kappa shape index (κ3) is 5.78. The Morgan fingerprint density at radius 2 is 1.75 bits per heavy atom. The Kier molecular flexibility index (Phi) is 7.43. The van der Waals surface area contributed by atoms with Crippen LogP contribution in [0.1, 0.15) is 25.3 Å². The quantitative estimate of drug-likeness (QED) is 0.659. The lowest BCUT2D eigenvalue weighted by Crippen LogP contribution is -2.12. The monoisotopic (exact) mass is 329 g/mol. The molecule has 4 heteroatoms. The summed E-state index contributed by atoms with van der Waals surface area (Å²) < 4.78 is 16.5. The van der Waals surface area contributed by atoms with E-state index in [-0.39, 0.29) is 0 Å². The van der Waals surface area contributed by atoms with Gasteiger partial charge in [0.2, 0.25) is 0 Å². The maximum Gasteiger partial charge on any atom is 0.122 e. The molecule has 0 aliphatic heterocycles. The van der Waals surface area contributed by atoms with Gasteiger partial charge in [0.15, 0.2) is 0 Å². The zero-order valence-electron chi connectivity index (χ0n) is 14.7. The molecular formula is C20H27NO3. The molecule has 0 aliphatic rings. The van der Waals surface area contributed by atoms with Crippen molar-refractivity contribution in [3.05, 3.63) is 54.1 Å². The van der Waals surface area contributed by atoms with Crippen LogP contribution in [0.4, 0.5) is 5.69 Å². The van der Waals surface area contributed by atoms with E-state index in [1.54, 1.807) is 7.11 Å². The zero-order valence-corrected chi connectivity index (χ0v) is 14.7. The molecule has 1 N–H and O–H groups in total. The van der Waals surface area contributed by atoms with Crippen LogP contribution in [0, 0.1) is 0 Å². The minimum absolute atomic E-state index is 0.454. The first-order chi connectivity index (χ1) is 11.7. The Balaban J connectivity index is 1.79. The van der Waals surface area contributed by atoms with E-state index in [2.05, 4.69) is 31.3 Å². The Morgan fingerprint density at radius 3 is 2.54 bits per heavy atom. The molecule has 0 radical (unpaired) electrons. The second kappa shape index (κ2) is 9.83. The number of benzene rings is 2. The summed E-state index contributed by atoms with van der Waals surface area (Å²) in [4.78, 5) is 0. The van der Waals surface area contributed by atoms with Crippen LogP contribution >= 0.6 is 0 Å². The lowest BCUT2D eigenvalue weighted by Gasteiger charge is -2.14. The first kappa shape index (κ1) is 18.1. The molecule has 0 fully saturated rings. The fraction of sp³-hybridized carbons (Fsp3) is 0.400. The van der Waals surface area contributed by atoms with Crippen LogP contribution in [0.3, 0.4) is 0 Å². The fourth-order valence-corrected chi connectivity index (χ4v) is 2.38. The van der Waals surface area contributed by atoms with Crippen molar-refractivity contribution >= 4 is 5.69 Å². The average molecular weight is 329 g/mol. The van der Waals surface area contributed by atoms with E-state index < -0.39 is 0 Å². The third-order valence-corrected chi connectivity index (χ3v) is 3.62. The van der Waals surface area contributed by atoms with Crippen LogP contribution in [-0.2, 0) is 4.74 Å². The molecule has 0 bridgehead atoms. The lowest BCUT2D eigenvalue weighted by atomic mass is 10.0. The van der Waals surface area contributed by atoms with Crippen molar-refractivity contribution in [2.75, 3.05) is 38.8 Å². The Hall–Kier alpha value is -2.20. The highest BCUT2D eigenvalue weighted by molar-refractivity contribution is 5.48. The molecule has 24 heavy (non-hydrogen) atoms. The molecule has 0 aromatic heterocycles. The van der Waals surface area contributed by atoms with Crippen LogP contribution in [0.2, 0.25) is 0 Å². The van der Waals surface area contributed by atoms with E-state index >= 15 is 0 Å². The summed E-state index contributed by atoms with van der Waals surface area (Å²) >= 11 is 0. The highest BCUT2D eigenvalue weighted by atomic mass is 16.5. The molecule has 0 aliphatic carbocycles. The Labute approximate surface area is 144 Å². The zero-order chi connectivity index (χ0) is 17.2. The highest BCUT2D eigenvalue weighted by Crippen LogP contribution is 2.25. The van der Waals surface area contributed by atoms with Crippen molar-refractivity contribution in [3.63, 3.8) is 0 Å². The molecule has 2 aromatic carbocycles. The summed E-state index contributed by atoms with van der Waals surface area (Å²) in [5.41, 5.74) is 2.26. The number of hydrogen-bond donors (Lipinski definition) is 1. The van der Waals surface area contributed by atoms with Crippen molar-refractivity contribution in [1.29, 1.82) is 0 Å². The van der Waals surface area contributed by atoms with Crippen molar-refractivity contribution in [2.45, 2.75) is 19.8 Å². The van der Waals surface area contributed by atoms with Crippen LogP contribution in [0.15, 0.2) is 48.5 Å². The van der Waals surface area contributed by atoms with Gasteiger partial charge in [-0.15, -0.1) is 0 Å². The van der Waals surface area contributed by atoms with Gasteiger partial charge in [0.1, 0.15) is 24.7 Å². The van der Waals surface area contributed by atoms with Gasteiger partial charge in [-0.2, -0.15) is 0 Å². The van der Waals surface area contributed by atoms with Crippen LogP contribution in [-0.4, -0.2) is 33.5 Å². The summed E-state index contributed by atoms with van der Waals surface area (Å²) in [7, 11) is 1.67. The number of nitrogens with one attached hydrogen (secondary N) is 1. The molecule has 2 aromatic rings. The number of rotatable bonds is 10. The largest absolute Gasteiger partial charge is 0.491 e. The van der Waals surface area contributed by atoms with Gasteiger partial charge in [0.25, 0.3) is 0 Å². The average Bonchev–Trinajstić information content (AvgIpc) is 2.59. The Bertz CT molecular complexity index is 613. The molecule has 2 rings (SSSR count). The molecule has 0 saturated heterocycles. The van der Waals surface area contributed by atoms with Crippen molar-refractivity contribution < 1.29 is 14.2 Å². The second-order valence-electron chi connectivity index (χ2n) is 5.84. The van der Waals surface area contributed by atoms with Gasteiger partial charge in [-0.05, 0) is 29.7 Å². The maximum atomic E-state index is 5.92. The second-order valence-corrected chi connectivity index (χ2v) is 5.84. The van der Waals surface area contributed by atoms with Crippen molar-refractivity contribution in [1.82, 2.24) is 0 Å². The molecule has 0 atom stereocenters. The Morgan fingerprint density at radius 1 is 0.917 bits per heavy atom. The smallest absolute Gasteiger partial charge is 0.122 e. The topological polar surface area (TPSA) is 39.7 Å². The van der Waals surface area contributed by atoms with E-state index in [1.807, 2.05) is 36.4 Å². The van der Waals surface area contributed by atoms with E-state index in [0.717, 1.165) is 23.7 Å². The number of para-hydroxylation sites is 1. The van der Waals surface area contributed by atoms with Crippen molar-refractivity contribution in [2.24, 2.45) is 0 Å². The van der Waals surface area contributed by atoms with Gasteiger partial charge in [0, 0.05) is 25.4 Å². The highest BCUT2D eigenvalue weighted by Gasteiger charge is 2.06. The SMILES string of the molecule is COCCOc1cccc(NCCOc2ccccc2C(C)C)c1. The first-order valence-corrected chi connectivity index (χ1v) is 8.38. The van der Waals surface area contributed by atoms with Gasteiger partial charge in [-0.1, -0.05) is 38.1 Å². The van der Waals surface area contributed by atoms with Crippen LogP contribution in [0.25, 0.3) is 0 Å². The predicted molar refractivity (Wildman–Crippen MR) is 98.3 cm³/mol. The van der Waals surface area contributed by atoms with E-state index in [0.29, 0.717) is 25.7 Å². The minimum atomic E-state index is 0.454. The van der Waals surface area contributed by atoms with Crippen LogP contribution < -0.4 is 14.8 Å². The van der Waals surface area contributed by atoms with Gasteiger partial charge >= 0.3 is 0 Å². The minimum Gasteiger partial charge on any atom is -0.491 e. The summed E-state index contributed by atoms with van der Waals surface area (Å²) in [6.07, 6.45) is 0. The predicted octanol–water partition coefficient (Wildman–Crippen LogP) is 4.33. The van der Waals surface area contributed by atoms with Crippen molar-refractivity contribution in [3.8, 4) is 11.5 Å². The summed E-state index contributed by atoms with van der Waals surface area (Å²) in [6.45, 7) is 6.83. The molecule has 0 unspecified atom stereocenters. The first-order valence-electron chi connectivity index (χ1n) is 8.38. The molecule has 0 amide bonds. The summed E-state index contributed by atoms with van der Waals surface area (Å²) in [5.74, 6) is 2.25. The normalized spacial score (nSPS) is 10.7. The molecule has 0 saturated carbocycles. The summed E-state index contributed by atoms with van der Waals surface area (Å²) in [5, 5.41) is 3.36. The number of hydrogen-bond acceptors (Lipinski definition) is 4. The van der Waals surface area contributed by atoms with Crippen LogP contribution in [0.5, 0.6) is 11.5 Å². The maximum absolute atomic E-state index is 5.92. The number of ether oxygens (including phenoxy) is 3. The van der Waals surface area contributed by atoms with Gasteiger partial charge < -0.3 is 19.5 Å². The lowest BCUT2D eigenvalue weighted by molar-refractivity contribution is 0.146. The van der Waals surface area contributed by atoms with E-state index in [4.69, 9.17) is 14.2 Å². The number of methoxy groups -OCH3 is 1. The third-order valence-electron chi connectivity index (χ3n) is 3.62.